The van der Waals surface area contributed by atoms with Crippen molar-refractivity contribution in [2.75, 3.05) is 20.8 Å². The summed E-state index contributed by atoms with van der Waals surface area (Å²) in [6.45, 7) is 3.72. The van der Waals surface area contributed by atoms with Crippen LogP contribution >= 0.6 is 0 Å². The van der Waals surface area contributed by atoms with Crippen LogP contribution in [0.3, 0.4) is 0 Å². The highest BCUT2D eigenvalue weighted by Gasteiger charge is 2.19. The minimum absolute atomic E-state index is 0.149. The summed E-state index contributed by atoms with van der Waals surface area (Å²) >= 11 is 0. The number of para-hydroxylation sites is 1. The molecule has 5 aromatic rings. The normalized spacial score (nSPS) is 12.0. The van der Waals surface area contributed by atoms with Crippen molar-refractivity contribution < 1.29 is 18.7 Å². The molecular formula is C32H34N4O4. The van der Waals surface area contributed by atoms with Gasteiger partial charge in [-0.3, -0.25) is 9.69 Å². The van der Waals surface area contributed by atoms with Gasteiger partial charge in [0, 0.05) is 41.8 Å². The summed E-state index contributed by atoms with van der Waals surface area (Å²) in [6.07, 6.45) is 4.32. The third kappa shape index (κ3) is 6.35. The minimum Gasteiger partial charge on any atom is -0.497 e. The molecule has 0 unspecified atom stereocenters. The zero-order valence-electron chi connectivity index (χ0n) is 23.0. The first-order valence-electron chi connectivity index (χ1n) is 13.3. The van der Waals surface area contributed by atoms with Crippen LogP contribution in [0.2, 0.25) is 0 Å². The zero-order valence-corrected chi connectivity index (χ0v) is 23.0. The van der Waals surface area contributed by atoms with Gasteiger partial charge >= 0.3 is 0 Å². The molecule has 0 saturated heterocycles. The number of H-pyrrole nitrogens is 1. The standard InChI is InChI=1S/C32H34N4O4/c1-22(23-9-5-4-6-10-23)34-32(37)29-21-40-31(35-29)20-36(19-25-13-14-26(38-2)17-30(25)39-3)16-15-24-18-33-28-12-8-7-11-27(24)28/h4-14,17-18,21-22,33H,15-16,19-20H2,1-3H3,(H,34,37)/t22-/m0/s1. The summed E-state index contributed by atoms with van der Waals surface area (Å²) in [5, 5.41) is 4.21. The number of benzene rings is 3. The SMILES string of the molecule is COc1ccc(CN(CCc2c[nH]c3ccccc23)Cc2nc(C(=O)N[C@@H](C)c3ccccc3)co2)c(OC)c1. The van der Waals surface area contributed by atoms with Crippen LogP contribution in [-0.4, -0.2) is 41.5 Å². The van der Waals surface area contributed by atoms with E-state index in [9.17, 15) is 4.79 Å². The van der Waals surface area contributed by atoms with E-state index in [1.807, 2.05) is 61.5 Å². The largest absolute Gasteiger partial charge is 0.497 e. The second-order valence-corrected chi connectivity index (χ2v) is 9.73. The van der Waals surface area contributed by atoms with Gasteiger partial charge in [0.2, 0.25) is 5.89 Å². The van der Waals surface area contributed by atoms with Gasteiger partial charge in [-0.25, -0.2) is 4.98 Å². The van der Waals surface area contributed by atoms with Crippen LogP contribution in [0.5, 0.6) is 11.5 Å². The molecule has 0 radical (unpaired) electrons. The summed E-state index contributed by atoms with van der Waals surface area (Å²) in [6, 6.07) is 23.8. The van der Waals surface area contributed by atoms with E-state index < -0.39 is 0 Å². The fourth-order valence-electron chi connectivity index (χ4n) is 4.83. The van der Waals surface area contributed by atoms with E-state index in [-0.39, 0.29) is 17.6 Å². The second kappa shape index (κ2) is 12.5. The van der Waals surface area contributed by atoms with Crippen molar-refractivity contribution in [3.63, 3.8) is 0 Å². The maximum atomic E-state index is 12.9. The van der Waals surface area contributed by atoms with Crippen LogP contribution in [0.1, 0.15) is 46.0 Å². The Morgan fingerprint density at radius 2 is 1.80 bits per heavy atom. The van der Waals surface area contributed by atoms with E-state index in [2.05, 4.69) is 44.6 Å². The van der Waals surface area contributed by atoms with Crippen LogP contribution in [0.15, 0.2) is 89.7 Å². The molecule has 40 heavy (non-hydrogen) atoms. The Morgan fingerprint density at radius 3 is 2.60 bits per heavy atom. The van der Waals surface area contributed by atoms with Crippen LogP contribution in [-0.2, 0) is 19.5 Å². The van der Waals surface area contributed by atoms with Gasteiger partial charge in [-0.15, -0.1) is 0 Å². The van der Waals surface area contributed by atoms with Gasteiger partial charge < -0.3 is 24.2 Å². The number of hydrogen-bond acceptors (Lipinski definition) is 6. The number of hydrogen-bond donors (Lipinski definition) is 2. The molecule has 5 rings (SSSR count). The fourth-order valence-corrected chi connectivity index (χ4v) is 4.83. The van der Waals surface area contributed by atoms with Crippen molar-refractivity contribution in [3.05, 3.63) is 114 Å². The molecule has 8 heteroatoms. The first-order chi connectivity index (χ1) is 19.5. The van der Waals surface area contributed by atoms with Gasteiger partial charge in [-0.05, 0) is 36.6 Å². The Hall–Kier alpha value is -4.56. The van der Waals surface area contributed by atoms with E-state index in [0.29, 0.717) is 19.0 Å². The highest BCUT2D eigenvalue weighted by molar-refractivity contribution is 5.92. The van der Waals surface area contributed by atoms with E-state index in [1.54, 1.807) is 14.2 Å². The number of rotatable bonds is 12. The second-order valence-electron chi connectivity index (χ2n) is 9.73. The third-order valence-electron chi connectivity index (χ3n) is 7.05. The molecule has 206 valence electrons. The monoisotopic (exact) mass is 538 g/mol. The average molecular weight is 539 g/mol. The van der Waals surface area contributed by atoms with Crippen molar-refractivity contribution in [2.45, 2.75) is 32.5 Å². The molecule has 0 fully saturated rings. The van der Waals surface area contributed by atoms with Crippen molar-refractivity contribution in [1.29, 1.82) is 0 Å². The summed E-state index contributed by atoms with van der Waals surface area (Å²) in [7, 11) is 3.29. The smallest absolute Gasteiger partial charge is 0.273 e. The van der Waals surface area contributed by atoms with Crippen molar-refractivity contribution in [3.8, 4) is 11.5 Å². The minimum atomic E-state index is -0.270. The topological polar surface area (TPSA) is 92.6 Å². The molecule has 2 aromatic heterocycles. The Balaban J connectivity index is 1.32. The molecule has 3 aromatic carbocycles. The fraction of sp³-hybridized carbons (Fsp3) is 0.250. The predicted octanol–water partition coefficient (Wildman–Crippen LogP) is 5.91. The molecule has 0 saturated carbocycles. The van der Waals surface area contributed by atoms with Gasteiger partial charge in [-0.1, -0.05) is 54.6 Å². The summed E-state index contributed by atoms with van der Waals surface area (Å²) in [4.78, 5) is 23.0. The van der Waals surface area contributed by atoms with Gasteiger partial charge in [0.25, 0.3) is 5.91 Å². The third-order valence-corrected chi connectivity index (χ3v) is 7.05. The quantitative estimate of drug-likeness (QED) is 0.205. The van der Waals surface area contributed by atoms with Crippen LogP contribution < -0.4 is 14.8 Å². The van der Waals surface area contributed by atoms with E-state index in [1.165, 1.54) is 17.2 Å². The molecule has 0 aliphatic rings. The number of aromatic amines is 1. The van der Waals surface area contributed by atoms with E-state index >= 15 is 0 Å². The molecule has 2 heterocycles. The Kier molecular flexibility index (Phi) is 8.47. The number of fused-ring (bicyclic) bond motifs is 1. The number of carbonyl (C=O) groups excluding carboxylic acids is 1. The number of amides is 1. The Labute approximate surface area is 233 Å². The predicted molar refractivity (Wildman–Crippen MR) is 154 cm³/mol. The molecule has 0 aliphatic carbocycles. The lowest BCUT2D eigenvalue weighted by molar-refractivity contribution is 0.0934. The first-order valence-corrected chi connectivity index (χ1v) is 13.3. The summed E-state index contributed by atoms with van der Waals surface area (Å²) < 4.78 is 16.8. The maximum absolute atomic E-state index is 12.9. The van der Waals surface area contributed by atoms with Gasteiger partial charge in [0.15, 0.2) is 5.69 Å². The van der Waals surface area contributed by atoms with Gasteiger partial charge in [0.1, 0.15) is 17.8 Å². The lowest BCUT2D eigenvalue weighted by Crippen LogP contribution is -2.27. The lowest BCUT2D eigenvalue weighted by Gasteiger charge is -2.22. The number of carbonyl (C=O) groups is 1. The highest BCUT2D eigenvalue weighted by Crippen LogP contribution is 2.27. The molecule has 1 amide bonds. The van der Waals surface area contributed by atoms with Crippen molar-refractivity contribution >= 4 is 16.8 Å². The number of methoxy groups -OCH3 is 2. The molecule has 2 N–H and O–H groups in total. The van der Waals surface area contributed by atoms with E-state index in [0.717, 1.165) is 41.1 Å². The number of aromatic nitrogens is 2. The average Bonchev–Trinajstić information content (AvgIpc) is 3.64. The number of nitrogens with one attached hydrogen (secondary N) is 2. The Bertz CT molecular complexity index is 1560. The number of ether oxygens (including phenoxy) is 2. The summed E-state index contributed by atoms with van der Waals surface area (Å²) in [5.74, 6) is 1.69. The van der Waals surface area contributed by atoms with Crippen molar-refractivity contribution in [1.82, 2.24) is 20.2 Å². The number of oxazole rings is 1. The van der Waals surface area contributed by atoms with Crippen LogP contribution in [0.4, 0.5) is 0 Å². The molecule has 1 atom stereocenters. The van der Waals surface area contributed by atoms with Crippen LogP contribution in [0.25, 0.3) is 10.9 Å². The lowest BCUT2D eigenvalue weighted by atomic mass is 10.1. The molecule has 0 bridgehead atoms. The zero-order chi connectivity index (χ0) is 27.9. The molecule has 0 spiro atoms. The Morgan fingerprint density at radius 1 is 1.00 bits per heavy atom. The first kappa shape index (κ1) is 27.0. The summed E-state index contributed by atoms with van der Waals surface area (Å²) in [5.41, 5.74) is 4.66. The van der Waals surface area contributed by atoms with Gasteiger partial charge in [-0.2, -0.15) is 0 Å². The molecule has 0 aliphatic heterocycles. The van der Waals surface area contributed by atoms with Crippen molar-refractivity contribution in [2.24, 2.45) is 0 Å². The molecular weight excluding hydrogens is 504 g/mol. The van der Waals surface area contributed by atoms with E-state index in [4.69, 9.17) is 13.9 Å². The number of nitrogens with zero attached hydrogens (tertiary/aromatic N) is 2. The van der Waals surface area contributed by atoms with Crippen LogP contribution in [0, 0.1) is 0 Å². The van der Waals surface area contributed by atoms with Gasteiger partial charge in [0.05, 0.1) is 26.8 Å². The maximum Gasteiger partial charge on any atom is 0.273 e. The highest BCUT2D eigenvalue weighted by atomic mass is 16.5. The molecule has 8 nitrogen and oxygen atoms in total.